The Kier molecular flexibility index (Phi) is 2.45. The van der Waals surface area contributed by atoms with Crippen LogP contribution in [0.25, 0.3) is 0 Å². The SMILES string of the molecule is Cc1nnc(NCc2csc(C)n2)o1. The first-order valence-electron chi connectivity index (χ1n) is 4.19. The summed E-state index contributed by atoms with van der Waals surface area (Å²) in [5.74, 6) is 0.557. The van der Waals surface area contributed by atoms with Crippen LogP contribution >= 0.6 is 11.3 Å². The number of hydrogen-bond donors (Lipinski definition) is 1. The van der Waals surface area contributed by atoms with Crippen molar-refractivity contribution in [2.75, 3.05) is 5.32 Å². The quantitative estimate of drug-likeness (QED) is 0.836. The molecule has 2 rings (SSSR count). The van der Waals surface area contributed by atoms with Gasteiger partial charge in [0.15, 0.2) is 0 Å². The van der Waals surface area contributed by atoms with Crippen LogP contribution in [0.5, 0.6) is 0 Å². The van der Waals surface area contributed by atoms with Crippen LogP contribution in [0.4, 0.5) is 6.01 Å². The molecule has 0 aromatic carbocycles. The van der Waals surface area contributed by atoms with Crippen molar-refractivity contribution in [2.45, 2.75) is 20.4 Å². The summed E-state index contributed by atoms with van der Waals surface area (Å²) in [7, 11) is 0. The van der Waals surface area contributed by atoms with Gasteiger partial charge in [0, 0.05) is 12.3 Å². The van der Waals surface area contributed by atoms with Crippen LogP contribution in [-0.2, 0) is 6.54 Å². The van der Waals surface area contributed by atoms with E-state index >= 15 is 0 Å². The van der Waals surface area contributed by atoms with E-state index in [1.54, 1.807) is 18.3 Å². The molecule has 0 unspecified atom stereocenters. The van der Waals surface area contributed by atoms with Crippen LogP contribution in [-0.4, -0.2) is 15.2 Å². The molecule has 5 nitrogen and oxygen atoms in total. The van der Waals surface area contributed by atoms with Crippen molar-refractivity contribution >= 4 is 17.4 Å². The van der Waals surface area contributed by atoms with E-state index in [0.29, 0.717) is 18.5 Å². The normalized spacial score (nSPS) is 10.4. The lowest BCUT2D eigenvalue weighted by atomic mass is 10.5. The molecule has 2 heterocycles. The maximum Gasteiger partial charge on any atom is 0.315 e. The summed E-state index contributed by atoms with van der Waals surface area (Å²) in [5, 5.41) is 13.6. The zero-order chi connectivity index (χ0) is 9.97. The third-order valence-corrected chi connectivity index (χ3v) is 2.44. The summed E-state index contributed by atoms with van der Waals surface area (Å²) in [5.41, 5.74) is 0.989. The number of rotatable bonds is 3. The molecule has 0 saturated carbocycles. The molecule has 0 aliphatic heterocycles. The molecular weight excluding hydrogens is 200 g/mol. The fourth-order valence-corrected chi connectivity index (χ4v) is 1.64. The first-order chi connectivity index (χ1) is 6.74. The third kappa shape index (κ3) is 2.08. The van der Waals surface area contributed by atoms with Gasteiger partial charge in [-0.3, -0.25) is 0 Å². The van der Waals surface area contributed by atoms with E-state index in [9.17, 15) is 0 Å². The predicted molar refractivity (Wildman–Crippen MR) is 53.2 cm³/mol. The Labute approximate surface area is 85.2 Å². The summed E-state index contributed by atoms with van der Waals surface area (Å²) in [6, 6.07) is 0.438. The highest BCUT2D eigenvalue weighted by Gasteiger charge is 2.02. The monoisotopic (exact) mass is 210 g/mol. The van der Waals surface area contributed by atoms with E-state index in [1.807, 2.05) is 12.3 Å². The largest absolute Gasteiger partial charge is 0.408 e. The molecule has 0 aliphatic carbocycles. The van der Waals surface area contributed by atoms with E-state index in [0.717, 1.165) is 10.7 Å². The number of anilines is 1. The van der Waals surface area contributed by atoms with Crippen molar-refractivity contribution in [3.05, 3.63) is 22.0 Å². The molecule has 1 N–H and O–H groups in total. The minimum atomic E-state index is 0.438. The van der Waals surface area contributed by atoms with Crippen molar-refractivity contribution in [3.8, 4) is 0 Å². The van der Waals surface area contributed by atoms with E-state index in [2.05, 4.69) is 20.5 Å². The molecule has 6 heteroatoms. The summed E-state index contributed by atoms with van der Waals surface area (Å²) >= 11 is 1.63. The maximum atomic E-state index is 5.15. The van der Waals surface area contributed by atoms with Gasteiger partial charge in [-0.1, -0.05) is 5.10 Å². The Balaban J connectivity index is 1.94. The molecule has 0 atom stereocenters. The van der Waals surface area contributed by atoms with E-state index < -0.39 is 0 Å². The van der Waals surface area contributed by atoms with Crippen LogP contribution in [0.3, 0.4) is 0 Å². The molecule has 0 aliphatic rings. The zero-order valence-corrected chi connectivity index (χ0v) is 8.76. The van der Waals surface area contributed by atoms with E-state index in [4.69, 9.17) is 4.42 Å². The Morgan fingerprint density at radius 2 is 2.29 bits per heavy atom. The average molecular weight is 210 g/mol. The number of aryl methyl sites for hydroxylation is 2. The molecule has 2 aromatic rings. The predicted octanol–water partition coefficient (Wildman–Crippen LogP) is 1.76. The second-order valence-corrected chi connectivity index (χ2v) is 3.90. The second-order valence-electron chi connectivity index (χ2n) is 2.84. The Morgan fingerprint density at radius 3 is 2.86 bits per heavy atom. The lowest BCUT2D eigenvalue weighted by molar-refractivity contribution is 0.530. The first-order valence-corrected chi connectivity index (χ1v) is 5.07. The smallest absolute Gasteiger partial charge is 0.315 e. The molecule has 0 saturated heterocycles. The van der Waals surface area contributed by atoms with Crippen LogP contribution < -0.4 is 5.32 Å². The topological polar surface area (TPSA) is 63.8 Å². The van der Waals surface area contributed by atoms with E-state index in [-0.39, 0.29) is 0 Å². The minimum absolute atomic E-state index is 0.438. The minimum Gasteiger partial charge on any atom is -0.408 e. The standard InChI is InChI=1S/C8H10N4OS/c1-5-11-12-8(13-5)9-3-7-4-14-6(2)10-7/h4H,3H2,1-2H3,(H,9,12). The molecule has 0 spiro atoms. The van der Waals surface area contributed by atoms with Gasteiger partial charge >= 0.3 is 6.01 Å². The van der Waals surface area contributed by atoms with Gasteiger partial charge < -0.3 is 9.73 Å². The first kappa shape index (κ1) is 9.14. The van der Waals surface area contributed by atoms with Gasteiger partial charge in [0.1, 0.15) is 0 Å². The molecule has 0 radical (unpaired) electrons. The maximum absolute atomic E-state index is 5.15. The molecule has 0 bridgehead atoms. The van der Waals surface area contributed by atoms with Gasteiger partial charge in [0.2, 0.25) is 5.89 Å². The summed E-state index contributed by atoms with van der Waals surface area (Å²) < 4.78 is 5.15. The highest BCUT2D eigenvalue weighted by molar-refractivity contribution is 7.09. The van der Waals surface area contributed by atoms with Crippen molar-refractivity contribution in [2.24, 2.45) is 0 Å². The Morgan fingerprint density at radius 1 is 1.43 bits per heavy atom. The Hall–Kier alpha value is -1.43. The summed E-state index contributed by atoms with van der Waals surface area (Å²) in [4.78, 5) is 4.30. The van der Waals surface area contributed by atoms with Gasteiger partial charge in [-0.15, -0.1) is 16.4 Å². The number of aromatic nitrogens is 3. The highest BCUT2D eigenvalue weighted by Crippen LogP contribution is 2.10. The summed E-state index contributed by atoms with van der Waals surface area (Å²) in [6.07, 6.45) is 0. The summed E-state index contributed by atoms with van der Waals surface area (Å²) in [6.45, 7) is 4.35. The lowest BCUT2D eigenvalue weighted by Gasteiger charge is -1.95. The average Bonchev–Trinajstić information content (AvgIpc) is 2.72. The van der Waals surface area contributed by atoms with Gasteiger partial charge in [-0.2, -0.15) is 0 Å². The fourth-order valence-electron chi connectivity index (χ4n) is 1.02. The molecular formula is C8H10N4OS. The fraction of sp³-hybridized carbons (Fsp3) is 0.375. The zero-order valence-electron chi connectivity index (χ0n) is 7.94. The Bertz CT molecular complexity index is 382. The van der Waals surface area contributed by atoms with Crippen molar-refractivity contribution in [1.29, 1.82) is 0 Å². The van der Waals surface area contributed by atoms with Crippen molar-refractivity contribution in [1.82, 2.24) is 15.2 Å². The molecule has 74 valence electrons. The number of hydrogen-bond acceptors (Lipinski definition) is 6. The van der Waals surface area contributed by atoms with Crippen LogP contribution in [0.15, 0.2) is 9.80 Å². The van der Waals surface area contributed by atoms with Crippen LogP contribution in [0.1, 0.15) is 16.6 Å². The number of nitrogens with zero attached hydrogens (tertiary/aromatic N) is 3. The molecule has 0 amide bonds. The molecule has 14 heavy (non-hydrogen) atoms. The van der Waals surface area contributed by atoms with Crippen LogP contribution in [0, 0.1) is 13.8 Å². The lowest BCUT2D eigenvalue weighted by Crippen LogP contribution is -1.99. The van der Waals surface area contributed by atoms with Crippen molar-refractivity contribution in [3.63, 3.8) is 0 Å². The van der Waals surface area contributed by atoms with Gasteiger partial charge in [0.25, 0.3) is 0 Å². The molecule has 2 aromatic heterocycles. The number of thiazole rings is 1. The van der Waals surface area contributed by atoms with Gasteiger partial charge in [-0.05, 0) is 6.92 Å². The van der Waals surface area contributed by atoms with E-state index in [1.165, 1.54) is 0 Å². The highest BCUT2D eigenvalue weighted by atomic mass is 32.1. The van der Waals surface area contributed by atoms with Crippen molar-refractivity contribution < 1.29 is 4.42 Å². The third-order valence-electron chi connectivity index (χ3n) is 1.61. The second kappa shape index (κ2) is 3.75. The van der Waals surface area contributed by atoms with Gasteiger partial charge in [0.05, 0.1) is 17.2 Å². The van der Waals surface area contributed by atoms with Crippen LogP contribution in [0.2, 0.25) is 0 Å². The number of nitrogens with one attached hydrogen (secondary N) is 1. The molecule has 0 fully saturated rings. The van der Waals surface area contributed by atoms with Gasteiger partial charge in [-0.25, -0.2) is 4.98 Å².